The third-order valence-corrected chi connectivity index (χ3v) is 4.51. The highest BCUT2D eigenvalue weighted by atomic mass is 35.5. The number of halogens is 1. The van der Waals surface area contributed by atoms with E-state index in [9.17, 15) is 0 Å². The van der Waals surface area contributed by atoms with Gasteiger partial charge in [-0.25, -0.2) is 0 Å². The SMILES string of the molecule is COc1cc(/C=C(\Cl)c2nc(-c3ccc(C(C)C)cc3)no2)ccc1OCC#N. The van der Waals surface area contributed by atoms with E-state index in [1.54, 1.807) is 24.3 Å². The molecule has 0 atom stereocenters. The minimum atomic E-state index is -0.0603. The molecule has 3 rings (SSSR count). The van der Waals surface area contributed by atoms with Crippen molar-refractivity contribution < 1.29 is 14.0 Å². The zero-order valence-electron chi connectivity index (χ0n) is 16.3. The third kappa shape index (κ3) is 4.95. The number of hydrogen-bond donors (Lipinski definition) is 0. The Bertz CT molecular complexity index is 1050. The maximum atomic E-state index is 8.65. The van der Waals surface area contributed by atoms with Crippen molar-refractivity contribution in [2.75, 3.05) is 13.7 Å². The van der Waals surface area contributed by atoms with E-state index >= 15 is 0 Å². The summed E-state index contributed by atoms with van der Waals surface area (Å²) >= 11 is 6.38. The molecule has 0 N–H and O–H groups in total. The Kier molecular flexibility index (Phi) is 6.53. The molecule has 6 nitrogen and oxygen atoms in total. The van der Waals surface area contributed by atoms with E-state index < -0.39 is 0 Å². The molecular weight excluding hydrogens is 390 g/mol. The van der Waals surface area contributed by atoms with Gasteiger partial charge in [0.15, 0.2) is 18.1 Å². The average molecular weight is 410 g/mol. The first-order valence-corrected chi connectivity index (χ1v) is 9.39. The highest BCUT2D eigenvalue weighted by molar-refractivity contribution is 6.50. The van der Waals surface area contributed by atoms with Gasteiger partial charge in [0, 0.05) is 5.56 Å². The lowest BCUT2D eigenvalue weighted by Crippen LogP contribution is -1.96. The smallest absolute Gasteiger partial charge is 0.269 e. The molecule has 0 bridgehead atoms. The lowest BCUT2D eigenvalue weighted by atomic mass is 10.0. The monoisotopic (exact) mass is 409 g/mol. The average Bonchev–Trinajstić information content (AvgIpc) is 3.23. The molecule has 2 aromatic carbocycles. The molecule has 0 unspecified atom stereocenters. The molecule has 7 heteroatoms. The molecule has 29 heavy (non-hydrogen) atoms. The van der Waals surface area contributed by atoms with Gasteiger partial charge in [0.25, 0.3) is 5.89 Å². The molecular formula is C22H20ClN3O3. The second-order valence-electron chi connectivity index (χ2n) is 6.55. The summed E-state index contributed by atoms with van der Waals surface area (Å²) < 4.78 is 15.9. The van der Waals surface area contributed by atoms with Crippen LogP contribution >= 0.6 is 11.6 Å². The van der Waals surface area contributed by atoms with Crippen LogP contribution in [-0.2, 0) is 0 Å². The molecule has 0 aliphatic rings. The quantitative estimate of drug-likeness (QED) is 0.511. The van der Waals surface area contributed by atoms with Crippen LogP contribution in [0.4, 0.5) is 0 Å². The Balaban J connectivity index is 1.81. The predicted octanol–water partition coefficient (Wildman–Crippen LogP) is 5.51. The van der Waals surface area contributed by atoms with Crippen LogP contribution in [-0.4, -0.2) is 23.9 Å². The lowest BCUT2D eigenvalue weighted by Gasteiger charge is -2.08. The maximum Gasteiger partial charge on any atom is 0.269 e. The topological polar surface area (TPSA) is 81.2 Å². The van der Waals surface area contributed by atoms with Crippen LogP contribution in [0.2, 0.25) is 0 Å². The molecule has 0 radical (unpaired) electrons. The summed E-state index contributed by atoms with van der Waals surface area (Å²) in [5.41, 5.74) is 2.86. The molecule has 0 saturated heterocycles. The minimum Gasteiger partial charge on any atom is -0.493 e. The second kappa shape index (κ2) is 9.26. The van der Waals surface area contributed by atoms with E-state index in [4.69, 9.17) is 30.9 Å². The second-order valence-corrected chi connectivity index (χ2v) is 6.96. The van der Waals surface area contributed by atoms with Gasteiger partial charge in [-0.1, -0.05) is 60.9 Å². The summed E-state index contributed by atoms with van der Waals surface area (Å²) in [6.07, 6.45) is 1.69. The largest absolute Gasteiger partial charge is 0.493 e. The molecule has 0 aliphatic carbocycles. The third-order valence-electron chi connectivity index (χ3n) is 4.24. The Morgan fingerprint density at radius 3 is 2.62 bits per heavy atom. The van der Waals surface area contributed by atoms with Gasteiger partial charge in [0.2, 0.25) is 5.82 Å². The zero-order chi connectivity index (χ0) is 20.8. The fourth-order valence-electron chi connectivity index (χ4n) is 2.67. The Hall–Kier alpha value is -3.30. The molecule has 1 heterocycles. The normalized spacial score (nSPS) is 11.4. The first-order valence-electron chi connectivity index (χ1n) is 9.01. The van der Waals surface area contributed by atoms with Crippen LogP contribution in [0.5, 0.6) is 11.5 Å². The van der Waals surface area contributed by atoms with Gasteiger partial charge in [0.05, 0.1) is 7.11 Å². The Morgan fingerprint density at radius 1 is 1.21 bits per heavy atom. The molecule has 1 aromatic heterocycles. The summed E-state index contributed by atoms with van der Waals surface area (Å²) in [5.74, 6) is 2.12. The van der Waals surface area contributed by atoms with Gasteiger partial charge in [-0.15, -0.1) is 0 Å². The van der Waals surface area contributed by atoms with Crippen molar-refractivity contribution in [1.82, 2.24) is 10.1 Å². The van der Waals surface area contributed by atoms with Crippen LogP contribution in [0, 0.1) is 11.3 Å². The lowest BCUT2D eigenvalue weighted by molar-refractivity contribution is 0.329. The fraction of sp³-hybridized carbons (Fsp3) is 0.227. The van der Waals surface area contributed by atoms with Gasteiger partial charge in [0.1, 0.15) is 11.1 Å². The summed E-state index contributed by atoms with van der Waals surface area (Å²) in [6, 6.07) is 15.2. The van der Waals surface area contributed by atoms with Gasteiger partial charge in [-0.05, 0) is 35.3 Å². The van der Waals surface area contributed by atoms with E-state index in [2.05, 4.69) is 36.1 Å². The summed E-state index contributed by atoms with van der Waals surface area (Å²) in [6.45, 7) is 4.22. The number of rotatable bonds is 7. The van der Waals surface area contributed by atoms with Crippen molar-refractivity contribution >= 4 is 22.7 Å². The minimum absolute atomic E-state index is 0.0603. The zero-order valence-corrected chi connectivity index (χ0v) is 17.1. The van der Waals surface area contributed by atoms with E-state index in [0.717, 1.165) is 11.1 Å². The van der Waals surface area contributed by atoms with Crippen LogP contribution in [0.25, 0.3) is 22.5 Å². The van der Waals surface area contributed by atoms with Crippen molar-refractivity contribution in [3.05, 3.63) is 59.5 Å². The van der Waals surface area contributed by atoms with E-state index in [-0.39, 0.29) is 12.5 Å². The number of methoxy groups -OCH3 is 1. The molecule has 0 aliphatic heterocycles. The first-order chi connectivity index (χ1) is 14.0. The van der Waals surface area contributed by atoms with E-state index in [1.165, 1.54) is 12.7 Å². The number of hydrogen-bond acceptors (Lipinski definition) is 6. The van der Waals surface area contributed by atoms with Gasteiger partial charge >= 0.3 is 0 Å². The van der Waals surface area contributed by atoms with E-state index in [0.29, 0.717) is 28.3 Å². The van der Waals surface area contributed by atoms with Crippen molar-refractivity contribution in [2.45, 2.75) is 19.8 Å². The highest BCUT2D eigenvalue weighted by Crippen LogP contribution is 2.31. The number of ether oxygens (including phenoxy) is 2. The van der Waals surface area contributed by atoms with Crippen LogP contribution in [0.15, 0.2) is 47.0 Å². The molecule has 0 saturated carbocycles. The number of benzene rings is 2. The van der Waals surface area contributed by atoms with Gasteiger partial charge in [-0.2, -0.15) is 10.2 Å². The maximum absolute atomic E-state index is 8.65. The number of nitriles is 1. The highest BCUT2D eigenvalue weighted by Gasteiger charge is 2.13. The standard InChI is InChI=1S/C22H20ClN3O3/c1-14(2)16-5-7-17(8-6-16)21-25-22(29-26-21)18(23)12-15-4-9-19(28-11-10-24)20(13-15)27-3/h4-9,12-14H,11H2,1-3H3/b18-12-. The first kappa shape index (κ1) is 20.4. The van der Waals surface area contributed by atoms with Gasteiger partial charge in [-0.3, -0.25) is 0 Å². The molecule has 3 aromatic rings. The number of aromatic nitrogens is 2. The van der Waals surface area contributed by atoms with Crippen LogP contribution < -0.4 is 9.47 Å². The van der Waals surface area contributed by atoms with Crippen LogP contribution in [0.1, 0.15) is 36.8 Å². The molecule has 0 amide bonds. The van der Waals surface area contributed by atoms with Gasteiger partial charge < -0.3 is 14.0 Å². The van der Waals surface area contributed by atoms with Crippen molar-refractivity contribution in [3.63, 3.8) is 0 Å². The predicted molar refractivity (Wildman–Crippen MR) is 112 cm³/mol. The van der Waals surface area contributed by atoms with Crippen LogP contribution in [0.3, 0.4) is 0 Å². The van der Waals surface area contributed by atoms with E-state index in [1.807, 2.05) is 18.2 Å². The Morgan fingerprint density at radius 2 is 1.97 bits per heavy atom. The number of nitrogens with zero attached hydrogens (tertiary/aromatic N) is 3. The van der Waals surface area contributed by atoms with Crippen molar-refractivity contribution in [3.8, 4) is 29.0 Å². The molecule has 0 spiro atoms. The van der Waals surface area contributed by atoms with Crippen molar-refractivity contribution in [2.24, 2.45) is 0 Å². The molecule has 0 fully saturated rings. The summed E-state index contributed by atoms with van der Waals surface area (Å²) in [4.78, 5) is 4.38. The molecule has 148 valence electrons. The van der Waals surface area contributed by atoms with Crippen molar-refractivity contribution in [1.29, 1.82) is 5.26 Å². The Labute approximate surface area is 174 Å². The fourth-order valence-corrected chi connectivity index (χ4v) is 2.87. The summed E-state index contributed by atoms with van der Waals surface area (Å²) in [7, 11) is 1.53. The summed E-state index contributed by atoms with van der Waals surface area (Å²) in [5, 5.41) is 13.0.